The highest BCUT2D eigenvalue weighted by molar-refractivity contribution is 7.91. The van der Waals surface area contributed by atoms with Gasteiger partial charge in [-0.15, -0.1) is 0 Å². The van der Waals surface area contributed by atoms with E-state index < -0.39 is 90.9 Å². The Hall–Kier alpha value is -4.65. The van der Waals surface area contributed by atoms with Crippen LogP contribution in [-0.4, -0.2) is 103 Å². The Morgan fingerprint density at radius 1 is 1.03 bits per heavy atom. The fourth-order valence-electron chi connectivity index (χ4n) is 9.04. The van der Waals surface area contributed by atoms with Crippen molar-refractivity contribution in [2.24, 2.45) is 5.92 Å². The van der Waals surface area contributed by atoms with Gasteiger partial charge in [0.2, 0.25) is 21.8 Å². The SMILES string of the molecule is COCCCOc1ccc2nc(C(F)(F)F)c3c(c2c1)CC[C@]1(C[C@H]2C(=O)N[C@@](C)(C(=O)NS(=O)(=O)C4(C)CC4)[C@@H](C)/C=C\CCCCC[C@H](NC(=O)OC4(C)CCC4)C(=O)N2C1)O3. The number of ether oxygens (including phenoxy) is 4. The van der Waals surface area contributed by atoms with Gasteiger partial charge in [0.05, 0.1) is 23.4 Å². The van der Waals surface area contributed by atoms with Crippen LogP contribution in [0.3, 0.4) is 0 Å². The number of nitrogens with zero attached hydrogens (tertiary/aromatic N) is 2. The van der Waals surface area contributed by atoms with E-state index in [1.165, 1.54) is 24.8 Å². The topological polar surface area (TPSA) is 192 Å². The average Bonchev–Trinajstić information content (AvgIpc) is 3.89. The molecule has 5 aliphatic rings. The lowest BCUT2D eigenvalue weighted by atomic mass is 9.82. The molecular weight excluding hydrogens is 860 g/mol. The van der Waals surface area contributed by atoms with Gasteiger partial charge in [-0.3, -0.25) is 19.1 Å². The second-order valence-corrected chi connectivity index (χ2v) is 21.1. The molecule has 19 heteroatoms. The summed E-state index contributed by atoms with van der Waals surface area (Å²) in [4.78, 5) is 62.6. The zero-order valence-electron chi connectivity index (χ0n) is 37.2. The van der Waals surface area contributed by atoms with Gasteiger partial charge < -0.3 is 34.5 Å². The molecule has 1 saturated heterocycles. The number of fused-ring (bicyclic) bond motifs is 4. The van der Waals surface area contributed by atoms with Crippen LogP contribution >= 0.6 is 0 Å². The summed E-state index contributed by atoms with van der Waals surface area (Å²) in [6.07, 6.45) is 3.72. The molecule has 1 aromatic carbocycles. The van der Waals surface area contributed by atoms with Gasteiger partial charge in [-0.2, -0.15) is 13.2 Å². The van der Waals surface area contributed by atoms with Crippen molar-refractivity contribution < 1.29 is 59.7 Å². The van der Waals surface area contributed by atoms with Gasteiger partial charge in [0.25, 0.3) is 5.91 Å². The monoisotopic (exact) mass is 919 g/mol. The molecule has 2 saturated carbocycles. The molecule has 0 radical (unpaired) electrons. The number of rotatable bonds is 10. The molecule has 4 heterocycles. The summed E-state index contributed by atoms with van der Waals surface area (Å²) < 4.78 is 95.8. The van der Waals surface area contributed by atoms with E-state index in [1.54, 1.807) is 39.2 Å². The predicted octanol–water partition coefficient (Wildman–Crippen LogP) is 6.40. The van der Waals surface area contributed by atoms with Crippen LogP contribution in [0, 0.1) is 5.92 Å². The molecule has 3 N–H and O–H groups in total. The van der Waals surface area contributed by atoms with Crippen LogP contribution in [0.25, 0.3) is 10.9 Å². The summed E-state index contributed by atoms with van der Waals surface area (Å²) in [5.41, 5.74) is -5.07. The highest BCUT2D eigenvalue weighted by Gasteiger charge is 2.57. The molecule has 3 aliphatic heterocycles. The number of hydrogen-bond acceptors (Lipinski definition) is 11. The normalized spacial score (nSPS) is 28.6. The Morgan fingerprint density at radius 3 is 2.45 bits per heavy atom. The number of methoxy groups -OCH3 is 1. The second kappa shape index (κ2) is 18.0. The Labute approximate surface area is 372 Å². The molecular formula is C45H60F3N5O10S. The smallest absolute Gasteiger partial charge is 0.437 e. The highest BCUT2D eigenvalue weighted by atomic mass is 32.2. The number of allylic oxidation sites excluding steroid dienone is 1. The molecule has 3 fully saturated rings. The quantitative estimate of drug-likeness (QED) is 0.177. The third kappa shape index (κ3) is 9.80. The molecule has 4 amide bonds. The Bertz CT molecular complexity index is 2280. The fourth-order valence-corrected chi connectivity index (χ4v) is 10.4. The highest BCUT2D eigenvalue weighted by Crippen LogP contribution is 2.49. The average molecular weight is 920 g/mol. The zero-order valence-corrected chi connectivity index (χ0v) is 38.0. The van der Waals surface area contributed by atoms with Crippen LogP contribution in [0.2, 0.25) is 0 Å². The lowest BCUT2D eigenvalue weighted by Gasteiger charge is -2.38. The summed E-state index contributed by atoms with van der Waals surface area (Å²) in [7, 11) is -2.58. The third-order valence-corrected chi connectivity index (χ3v) is 16.1. The minimum atomic E-state index is -4.95. The Kier molecular flexibility index (Phi) is 13.3. The molecule has 5 atom stereocenters. The first-order valence-corrected chi connectivity index (χ1v) is 23.8. The molecule has 64 heavy (non-hydrogen) atoms. The largest absolute Gasteiger partial charge is 0.493 e. The van der Waals surface area contributed by atoms with Gasteiger partial charge in [-0.25, -0.2) is 18.2 Å². The number of benzene rings is 1. The van der Waals surface area contributed by atoms with Crippen molar-refractivity contribution in [2.45, 2.75) is 157 Å². The van der Waals surface area contributed by atoms with Gasteiger partial charge in [-0.05, 0) is 103 Å². The van der Waals surface area contributed by atoms with Crippen molar-refractivity contribution in [3.8, 4) is 11.5 Å². The van der Waals surface area contributed by atoms with Crippen molar-refractivity contribution in [3.63, 3.8) is 0 Å². The van der Waals surface area contributed by atoms with Crippen LogP contribution in [0.5, 0.6) is 11.5 Å². The van der Waals surface area contributed by atoms with Gasteiger partial charge in [0.1, 0.15) is 34.6 Å². The van der Waals surface area contributed by atoms with Crippen LogP contribution in [0.1, 0.15) is 122 Å². The first-order valence-electron chi connectivity index (χ1n) is 22.3. The number of alkyl carbamates (subject to hydrolysis) is 1. The molecule has 0 unspecified atom stereocenters. The van der Waals surface area contributed by atoms with E-state index in [0.717, 1.165) is 6.42 Å². The van der Waals surface area contributed by atoms with E-state index in [1.807, 2.05) is 6.08 Å². The summed E-state index contributed by atoms with van der Waals surface area (Å²) in [6.45, 7) is 6.82. The number of amides is 4. The first-order chi connectivity index (χ1) is 30.1. The zero-order chi connectivity index (χ0) is 46.3. The second-order valence-electron chi connectivity index (χ2n) is 18.9. The molecule has 352 valence electrons. The van der Waals surface area contributed by atoms with Crippen molar-refractivity contribution in [1.82, 2.24) is 25.2 Å². The molecule has 15 nitrogen and oxygen atoms in total. The van der Waals surface area contributed by atoms with E-state index in [0.29, 0.717) is 82.1 Å². The molecule has 2 aliphatic carbocycles. The number of aromatic nitrogens is 1. The lowest BCUT2D eigenvalue weighted by Crippen LogP contribution is -2.64. The minimum absolute atomic E-state index is 0.0477. The molecule has 0 bridgehead atoms. The van der Waals surface area contributed by atoms with E-state index in [2.05, 4.69) is 20.3 Å². The minimum Gasteiger partial charge on any atom is -0.493 e. The number of sulfonamides is 1. The predicted molar refractivity (Wildman–Crippen MR) is 229 cm³/mol. The summed E-state index contributed by atoms with van der Waals surface area (Å²) in [5, 5.41) is 5.92. The van der Waals surface area contributed by atoms with Crippen LogP contribution in [0.4, 0.5) is 18.0 Å². The van der Waals surface area contributed by atoms with Gasteiger partial charge >= 0.3 is 12.3 Å². The van der Waals surface area contributed by atoms with Crippen LogP contribution in [-0.2, 0) is 46.5 Å². The maximum Gasteiger partial charge on any atom is 0.437 e. The maximum absolute atomic E-state index is 15.0. The van der Waals surface area contributed by atoms with Crippen LogP contribution < -0.4 is 24.8 Å². The summed E-state index contributed by atoms with van der Waals surface area (Å²) >= 11 is 0. The number of pyridine rings is 1. The number of hydrogen-bond donors (Lipinski definition) is 3. The number of aryl methyl sites for hydroxylation is 1. The number of alkyl halides is 3. The molecule has 1 spiro atoms. The van der Waals surface area contributed by atoms with Gasteiger partial charge in [0, 0.05) is 43.4 Å². The van der Waals surface area contributed by atoms with Gasteiger partial charge in [-0.1, -0.05) is 31.9 Å². The van der Waals surface area contributed by atoms with Crippen molar-refractivity contribution >= 4 is 44.7 Å². The van der Waals surface area contributed by atoms with E-state index in [4.69, 9.17) is 18.9 Å². The number of halogens is 3. The van der Waals surface area contributed by atoms with E-state index in [9.17, 15) is 40.8 Å². The number of carbonyl (C=O) groups excluding carboxylic acids is 4. The molecule has 1 aromatic heterocycles. The maximum atomic E-state index is 15.0. The molecule has 2 aromatic rings. The lowest BCUT2D eigenvalue weighted by molar-refractivity contribution is -0.144. The first kappa shape index (κ1) is 47.3. The van der Waals surface area contributed by atoms with Crippen molar-refractivity contribution in [2.75, 3.05) is 26.9 Å². The van der Waals surface area contributed by atoms with E-state index >= 15 is 0 Å². The third-order valence-electron chi connectivity index (χ3n) is 13.9. The summed E-state index contributed by atoms with van der Waals surface area (Å²) in [5.74, 6) is -3.38. The van der Waals surface area contributed by atoms with Crippen molar-refractivity contribution in [1.29, 1.82) is 0 Å². The van der Waals surface area contributed by atoms with E-state index in [-0.39, 0.29) is 43.3 Å². The van der Waals surface area contributed by atoms with Crippen LogP contribution in [0.15, 0.2) is 30.4 Å². The number of nitrogens with one attached hydrogen (secondary N) is 3. The Morgan fingerprint density at radius 2 is 1.78 bits per heavy atom. The summed E-state index contributed by atoms with van der Waals surface area (Å²) in [6, 6.07) is 2.01. The molecule has 7 rings (SSSR count). The standard InChI is InChI=1S/C45H60F3N5O10S/c1-28-13-9-7-6-8-10-14-33(50-40(57)63-41(2)18-11-19-41)38(55)53-27-44(26-34(53)37(54)51-43(28,4)39(56)52-64(58,59)42(3)21-22-42)20-17-30-31-25-29(61-24-12-23-60-5)15-16-32(31)49-36(35(30)62-44)45(46,47)48/h9,13,15-16,25,28,33-34H,6-8,10-12,14,17-24,26-27H2,1-5H3,(H,50,57)(H,51,54)(H,52,56)/b13-9-/t28-,33-,34-,43+,44+/m0/s1. The van der Waals surface area contributed by atoms with Crippen molar-refractivity contribution in [3.05, 3.63) is 41.6 Å². The Balaban J connectivity index is 1.27. The van der Waals surface area contributed by atoms with Gasteiger partial charge in [0.15, 0.2) is 11.4 Å². The fraction of sp³-hybridized carbons (Fsp3) is 0.667. The number of carbonyl (C=O) groups is 4.